The first-order chi connectivity index (χ1) is 7.21. The molecule has 0 saturated carbocycles. The average Bonchev–Trinajstić information content (AvgIpc) is 2.08. The van der Waals surface area contributed by atoms with Gasteiger partial charge >= 0.3 is 6.61 Å². The van der Waals surface area contributed by atoms with Crippen LogP contribution in [0.25, 0.3) is 0 Å². The summed E-state index contributed by atoms with van der Waals surface area (Å²) in [4.78, 5) is -0.651. The van der Waals surface area contributed by atoms with Crippen LogP contribution in [0.2, 0.25) is 10.0 Å². The third-order valence-electron chi connectivity index (χ3n) is 1.51. The molecule has 0 aliphatic heterocycles. The van der Waals surface area contributed by atoms with E-state index in [1.165, 1.54) is 0 Å². The van der Waals surface area contributed by atoms with Gasteiger partial charge in [0.25, 0.3) is 0 Å². The maximum absolute atomic E-state index is 12.0. The lowest BCUT2D eigenvalue weighted by molar-refractivity contribution is -0.0517. The van der Waals surface area contributed by atoms with Crippen molar-refractivity contribution in [2.75, 3.05) is 0 Å². The molecule has 1 aromatic carbocycles. The van der Waals surface area contributed by atoms with E-state index in [0.717, 1.165) is 12.1 Å². The minimum atomic E-state index is -4.22. The highest BCUT2D eigenvalue weighted by Gasteiger charge is 2.20. The number of alkyl halides is 2. The molecule has 0 fully saturated rings. The lowest BCUT2D eigenvalue weighted by atomic mass is 10.3. The minimum Gasteiger partial charge on any atom is -0.433 e. The molecule has 9 heteroatoms. The summed E-state index contributed by atoms with van der Waals surface area (Å²) >= 11 is 11.1. The second kappa shape index (κ2) is 4.70. The van der Waals surface area contributed by atoms with Crippen molar-refractivity contribution in [3.8, 4) is 5.75 Å². The summed E-state index contributed by atoms with van der Waals surface area (Å²) in [5.74, 6) is -0.646. The molecule has 0 saturated heterocycles. The van der Waals surface area contributed by atoms with E-state index >= 15 is 0 Å². The fraction of sp³-hybridized carbons (Fsp3) is 0.143. The fourth-order valence-electron chi connectivity index (χ4n) is 0.921. The maximum Gasteiger partial charge on any atom is 0.387 e. The van der Waals surface area contributed by atoms with Gasteiger partial charge in [0, 0.05) is 6.07 Å². The van der Waals surface area contributed by atoms with Crippen LogP contribution in [0, 0.1) is 0 Å². The zero-order valence-corrected chi connectivity index (χ0v) is 9.78. The molecular formula is C7H5Cl2F2NO3S. The van der Waals surface area contributed by atoms with Crippen molar-refractivity contribution < 1.29 is 21.9 Å². The molecule has 0 aromatic heterocycles. The molecule has 2 N–H and O–H groups in total. The Labute approximate surface area is 99.9 Å². The van der Waals surface area contributed by atoms with E-state index in [9.17, 15) is 17.2 Å². The summed E-state index contributed by atoms with van der Waals surface area (Å²) in [6, 6.07) is 1.70. The summed E-state index contributed by atoms with van der Waals surface area (Å²) in [5, 5.41) is 4.55. The Hall–Kier alpha value is -0.630. The summed E-state index contributed by atoms with van der Waals surface area (Å²) in [5.41, 5.74) is 0. The molecule has 0 atom stereocenters. The first-order valence-corrected chi connectivity index (χ1v) is 5.98. The number of sulfonamides is 1. The number of benzene rings is 1. The van der Waals surface area contributed by atoms with Crippen molar-refractivity contribution in [1.82, 2.24) is 0 Å². The molecule has 0 aliphatic carbocycles. The smallest absolute Gasteiger partial charge is 0.387 e. The molecule has 0 bridgehead atoms. The molecular weight excluding hydrogens is 287 g/mol. The summed E-state index contributed by atoms with van der Waals surface area (Å²) < 4.78 is 50.0. The molecule has 0 unspecified atom stereocenters. The highest BCUT2D eigenvalue weighted by atomic mass is 35.5. The number of rotatable bonds is 3. The van der Waals surface area contributed by atoms with Crippen LogP contribution in [0.5, 0.6) is 5.75 Å². The summed E-state index contributed by atoms with van der Waals surface area (Å²) in [7, 11) is -4.22. The van der Waals surface area contributed by atoms with E-state index in [1.54, 1.807) is 0 Å². The highest BCUT2D eigenvalue weighted by Crippen LogP contribution is 2.33. The number of primary sulfonamides is 1. The van der Waals surface area contributed by atoms with Gasteiger partial charge in [-0.3, -0.25) is 0 Å². The van der Waals surface area contributed by atoms with Crippen molar-refractivity contribution in [2.24, 2.45) is 5.14 Å². The van der Waals surface area contributed by atoms with Gasteiger partial charge < -0.3 is 4.74 Å². The summed E-state index contributed by atoms with van der Waals surface area (Å²) in [6.07, 6.45) is 0. The number of ether oxygens (including phenoxy) is 1. The molecule has 0 amide bonds. The molecule has 4 nitrogen and oxygen atoms in total. The van der Waals surface area contributed by atoms with Crippen LogP contribution in [0.4, 0.5) is 8.78 Å². The van der Waals surface area contributed by atoms with E-state index in [2.05, 4.69) is 4.74 Å². The lowest BCUT2D eigenvalue weighted by Crippen LogP contribution is -2.15. The van der Waals surface area contributed by atoms with Gasteiger partial charge in [0.05, 0.1) is 10.0 Å². The van der Waals surface area contributed by atoms with E-state index in [1.807, 2.05) is 0 Å². The number of nitrogens with two attached hydrogens (primary N) is 1. The molecule has 1 aromatic rings. The van der Waals surface area contributed by atoms with E-state index in [-0.39, 0.29) is 10.0 Å². The number of hydrogen-bond donors (Lipinski definition) is 1. The van der Waals surface area contributed by atoms with Crippen LogP contribution in [0.15, 0.2) is 17.0 Å². The topological polar surface area (TPSA) is 69.4 Å². The Kier molecular flexibility index (Phi) is 3.95. The Morgan fingerprint density at radius 2 is 1.75 bits per heavy atom. The molecule has 0 heterocycles. The lowest BCUT2D eigenvalue weighted by Gasteiger charge is -2.10. The first kappa shape index (κ1) is 13.4. The van der Waals surface area contributed by atoms with Gasteiger partial charge in [0.15, 0.2) is 0 Å². The minimum absolute atomic E-state index is 0.121. The van der Waals surface area contributed by atoms with Crippen LogP contribution < -0.4 is 9.88 Å². The van der Waals surface area contributed by atoms with Crippen LogP contribution in [-0.2, 0) is 10.0 Å². The van der Waals surface area contributed by atoms with Crippen molar-refractivity contribution in [1.29, 1.82) is 0 Å². The van der Waals surface area contributed by atoms with Gasteiger partial charge in [0.1, 0.15) is 10.6 Å². The normalized spacial score (nSPS) is 11.9. The zero-order chi connectivity index (χ0) is 12.5. The maximum atomic E-state index is 12.0. The second-order valence-corrected chi connectivity index (χ2v) is 4.98. The van der Waals surface area contributed by atoms with Gasteiger partial charge in [-0.2, -0.15) is 8.78 Å². The third-order valence-corrected chi connectivity index (χ3v) is 3.16. The molecule has 16 heavy (non-hydrogen) atoms. The van der Waals surface area contributed by atoms with Crippen molar-refractivity contribution >= 4 is 33.2 Å². The van der Waals surface area contributed by atoms with Crippen LogP contribution >= 0.6 is 23.2 Å². The summed E-state index contributed by atoms with van der Waals surface area (Å²) in [6.45, 7) is -3.20. The second-order valence-electron chi connectivity index (χ2n) is 2.64. The van der Waals surface area contributed by atoms with Gasteiger partial charge in [-0.15, -0.1) is 0 Å². The van der Waals surface area contributed by atoms with E-state index in [0.29, 0.717) is 0 Å². The van der Waals surface area contributed by atoms with Gasteiger partial charge in [-0.05, 0) is 6.07 Å². The van der Waals surface area contributed by atoms with Crippen molar-refractivity contribution in [2.45, 2.75) is 11.5 Å². The molecule has 1 rings (SSSR count). The van der Waals surface area contributed by atoms with Gasteiger partial charge in [0.2, 0.25) is 10.0 Å². The Morgan fingerprint density at radius 3 is 2.19 bits per heavy atom. The van der Waals surface area contributed by atoms with Crippen molar-refractivity contribution in [3.05, 3.63) is 22.2 Å². The predicted molar refractivity (Wildman–Crippen MR) is 54.5 cm³/mol. The van der Waals surface area contributed by atoms with Gasteiger partial charge in [-0.1, -0.05) is 23.2 Å². The monoisotopic (exact) mass is 291 g/mol. The largest absolute Gasteiger partial charge is 0.433 e. The predicted octanol–water partition coefficient (Wildman–Crippen LogP) is 2.24. The Balaban J connectivity index is 3.40. The highest BCUT2D eigenvalue weighted by molar-refractivity contribution is 7.89. The Bertz CT molecular complexity index is 507. The molecule has 0 spiro atoms. The Morgan fingerprint density at radius 1 is 1.25 bits per heavy atom. The third kappa shape index (κ3) is 3.18. The SMILES string of the molecule is NS(=O)(=O)c1cc(Cl)c(Cl)cc1OC(F)F. The van der Waals surface area contributed by atoms with Crippen molar-refractivity contribution in [3.63, 3.8) is 0 Å². The first-order valence-electron chi connectivity index (χ1n) is 3.68. The van der Waals surface area contributed by atoms with E-state index in [4.69, 9.17) is 28.3 Å². The number of halogens is 4. The van der Waals surface area contributed by atoms with Gasteiger partial charge in [-0.25, -0.2) is 13.6 Å². The molecule has 0 aliphatic rings. The average molecular weight is 292 g/mol. The standard InChI is InChI=1S/C7H5Cl2F2NO3S/c8-3-1-5(15-7(10)11)6(2-4(3)9)16(12,13)14/h1-2,7H,(H2,12,13,14). The fourth-order valence-corrected chi connectivity index (χ4v) is 1.97. The molecule has 0 radical (unpaired) electrons. The quantitative estimate of drug-likeness (QED) is 0.928. The van der Waals surface area contributed by atoms with E-state index < -0.39 is 27.3 Å². The van der Waals surface area contributed by atoms with Crippen LogP contribution in [0.3, 0.4) is 0 Å². The van der Waals surface area contributed by atoms with Crippen LogP contribution in [0.1, 0.15) is 0 Å². The zero-order valence-electron chi connectivity index (χ0n) is 7.45. The molecule has 90 valence electrons. The number of hydrogen-bond acceptors (Lipinski definition) is 3. The van der Waals surface area contributed by atoms with Crippen LogP contribution in [-0.4, -0.2) is 15.0 Å².